The van der Waals surface area contributed by atoms with Gasteiger partial charge in [-0.05, 0) is 79.1 Å². The van der Waals surface area contributed by atoms with Crippen LogP contribution in [0, 0.1) is 6.92 Å². The van der Waals surface area contributed by atoms with Crippen molar-refractivity contribution < 1.29 is 4.74 Å². The van der Waals surface area contributed by atoms with Gasteiger partial charge in [0.25, 0.3) is 0 Å². The molecule has 0 saturated carbocycles. The van der Waals surface area contributed by atoms with Crippen LogP contribution in [-0.2, 0) is 6.54 Å². The van der Waals surface area contributed by atoms with E-state index < -0.39 is 0 Å². The lowest BCUT2D eigenvalue weighted by Crippen LogP contribution is -2.19. The first-order chi connectivity index (χ1) is 20.1. The van der Waals surface area contributed by atoms with Gasteiger partial charge in [0.1, 0.15) is 11.6 Å². The fourth-order valence-electron chi connectivity index (χ4n) is 6.09. The maximum atomic E-state index is 5.41. The number of pyridine rings is 1. The molecule has 2 aromatic heterocycles. The van der Waals surface area contributed by atoms with Gasteiger partial charge >= 0.3 is 0 Å². The standard InChI is InChI=1S/C36H32N4O/c1-4-39-33-12-8-6-10-30(33)31-22-25(14-20-34(31)39)13-17-27-23-35(26-15-18-28(41-3)19-16-26)40(38-27)36-21-24(2)29-9-5-7-11-32(29)37-36/h5-22,35H,4,23H2,1-3H3. The van der Waals surface area contributed by atoms with Gasteiger partial charge < -0.3 is 9.30 Å². The van der Waals surface area contributed by atoms with Crippen LogP contribution in [0.25, 0.3) is 38.8 Å². The summed E-state index contributed by atoms with van der Waals surface area (Å²) < 4.78 is 7.80. The quantitative estimate of drug-likeness (QED) is 0.214. The summed E-state index contributed by atoms with van der Waals surface area (Å²) in [6.45, 7) is 5.29. The zero-order chi connectivity index (χ0) is 27.9. The summed E-state index contributed by atoms with van der Waals surface area (Å²) >= 11 is 0. The first-order valence-electron chi connectivity index (χ1n) is 14.2. The van der Waals surface area contributed by atoms with Crippen LogP contribution in [0.1, 0.15) is 36.1 Å². The zero-order valence-corrected chi connectivity index (χ0v) is 23.6. The van der Waals surface area contributed by atoms with Crippen molar-refractivity contribution in [3.63, 3.8) is 0 Å². The minimum Gasteiger partial charge on any atom is -0.497 e. The molecule has 0 amide bonds. The van der Waals surface area contributed by atoms with Crippen LogP contribution in [-0.4, -0.2) is 22.4 Å². The van der Waals surface area contributed by atoms with Crippen molar-refractivity contribution in [2.45, 2.75) is 32.9 Å². The molecular formula is C36H32N4O. The van der Waals surface area contributed by atoms with Gasteiger partial charge in [-0.1, -0.05) is 60.7 Å². The summed E-state index contributed by atoms with van der Waals surface area (Å²) in [6, 6.07) is 34.2. The Morgan fingerprint density at radius 3 is 2.39 bits per heavy atom. The van der Waals surface area contributed by atoms with Crippen LogP contribution in [0.2, 0.25) is 0 Å². The number of methoxy groups -OCH3 is 1. The Hall–Kier alpha value is -4.90. The van der Waals surface area contributed by atoms with Crippen molar-refractivity contribution in [2.75, 3.05) is 12.1 Å². The predicted molar refractivity (Wildman–Crippen MR) is 171 cm³/mol. The van der Waals surface area contributed by atoms with E-state index in [0.29, 0.717) is 0 Å². The van der Waals surface area contributed by atoms with E-state index in [1.807, 2.05) is 18.2 Å². The molecule has 1 aliphatic heterocycles. The number of allylic oxidation sites excluding steroid dienone is 1. The molecule has 3 heterocycles. The second kappa shape index (κ2) is 10.3. The highest BCUT2D eigenvalue weighted by Gasteiger charge is 2.29. The molecule has 0 radical (unpaired) electrons. The fourth-order valence-corrected chi connectivity index (χ4v) is 6.09. The topological polar surface area (TPSA) is 42.7 Å². The Morgan fingerprint density at radius 2 is 1.59 bits per heavy atom. The summed E-state index contributed by atoms with van der Waals surface area (Å²) in [7, 11) is 1.70. The number of hydrogen-bond donors (Lipinski definition) is 0. The van der Waals surface area contributed by atoms with Gasteiger partial charge in [0.05, 0.1) is 24.4 Å². The van der Waals surface area contributed by atoms with Gasteiger partial charge in [-0.25, -0.2) is 9.99 Å². The number of anilines is 1. The van der Waals surface area contributed by atoms with E-state index in [1.54, 1.807) is 7.11 Å². The third kappa shape index (κ3) is 4.44. The number of para-hydroxylation sites is 2. The van der Waals surface area contributed by atoms with Gasteiger partial charge in [0.15, 0.2) is 0 Å². The van der Waals surface area contributed by atoms with Crippen LogP contribution >= 0.6 is 0 Å². The van der Waals surface area contributed by atoms with E-state index in [0.717, 1.165) is 35.8 Å². The van der Waals surface area contributed by atoms with E-state index in [9.17, 15) is 0 Å². The molecule has 0 N–H and O–H groups in total. The SMILES string of the molecule is CCn1c2ccccc2c2cc(C=CC3=NN(c4cc(C)c5ccccc5n4)C(c4ccc(OC)cc4)C3)ccc21. The van der Waals surface area contributed by atoms with Crippen LogP contribution in [0.15, 0.2) is 108 Å². The van der Waals surface area contributed by atoms with Crippen molar-refractivity contribution in [1.29, 1.82) is 0 Å². The lowest BCUT2D eigenvalue weighted by molar-refractivity contribution is 0.414. The molecule has 1 aliphatic rings. The van der Waals surface area contributed by atoms with E-state index >= 15 is 0 Å². The Kier molecular flexibility index (Phi) is 6.27. The highest BCUT2D eigenvalue weighted by molar-refractivity contribution is 6.09. The van der Waals surface area contributed by atoms with Crippen LogP contribution in [0.4, 0.5) is 5.82 Å². The molecule has 1 unspecified atom stereocenters. The highest BCUT2D eigenvalue weighted by atomic mass is 16.5. The largest absolute Gasteiger partial charge is 0.497 e. The lowest BCUT2D eigenvalue weighted by Gasteiger charge is -2.24. The molecular weight excluding hydrogens is 504 g/mol. The van der Waals surface area contributed by atoms with Gasteiger partial charge in [-0.2, -0.15) is 5.10 Å². The van der Waals surface area contributed by atoms with Crippen molar-refractivity contribution in [3.05, 3.63) is 120 Å². The first-order valence-corrected chi connectivity index (χ1v) is 14.2. The Labute approximate surface area is 240 Å². The first kappa shape index (κ1) is 25.1. The summed E-state index contributed by atoms with van der Waals surface area (Å²) in [5.41, 5.74) is 8.09. The molecule has 4 aromatic carbocycles. The molecule has 41 heavy (non-hydrogen) atoms. The number of rotatable bonds is 6. The minimum atomic E-state index is 0.0404. The van der Waals surface area contributed by atoms with E-state index in [1.165, 1.54) is 43.9 Å². The summed E-state index contributed by atoms with van der Waals surface area (Å²) in [5, 5.41) is 10.9. The van der Waals surface area contributed by atoms with Crippen molar-refractivity contribution in [3.8, 4) is 5.75 Å². The average molecular weight is 537 g/mol. The molecule has 1 atom stereocenters. The number of hydrogen-bond acceptors (Lipinski definition) is 4. The Balaban J connectivity index is 1.27. The molecule has 0 saturated heterocycles. The third-order valence-electron chi connectivity index (χ3n) is 8.16. The molecule has 0 aliphatic carbocycles. The molecule has 7 rings (SSSR count). The molecule has 0 spiro atoms. The third-order valence-corrected chi connectivity index (χ3v) is 8.16. The van der Waals surface area contributed by atoms with Gasteiger partial charge in [-0.15, -0.1) is 0 Å². The predicted octanol–water partition coefficient (Wildman–Crippen LogP) is 8.70. The number of hydrazone groups is 1. The summed E-state index contributed by atoms with van der Waals surface area (Å²) in [4.78, 5) is 5.02. The number of nitrogens with zero attached hydrogens (tertiary/aromatic N) is 4. The van der Waals surface area contributed by atoms with Crippen LogP contribution < -0.4 is 9.75 Å². The zero-order valence-electron chi connectivity index (χ0n) is 23.6. The monoisotopic (exact) mass is 536 g/mol. The fraction of sp³-hybridized carbons (Fsp3) is 0.167. The van der Waals surface area contributed by atoms with Gasteiger partial charge in [0.2, 0.25) is 0 Å². The molecule has 202 valence electrons. The molecule has 5 nitrogen and oxygen atoms in total. The minimum absolute atomic E-state index is 0.0404. The number of ether oxygens (including phenoxy) is 1. The number of aromatic nitrogens is 2. The molecule has 0 bridgehead atoms. The van der Waals surface area contributed by atoms with Crippen molar-refractivity contribution >= 4 is 50.3 Å². The van der Waals surface area contributed by atoms with Crippen LogP contribution in [0.3, 0.4) is 0 Å². The van der Waals surface area contributed by atoms with E-state index in [4.69, 9.17) is 14.8 Å². The summed E-state index contributed by atoms with van der Waals surface area (Å²) in [5.74, 6) is 1.71. The van der Waals surface area contributed by atoms with Crippen LogP contribution in [0.5, 0.6) is 5.75 Å². The van der Waals surface area contributed by atoms with Crippen molar-refractivity contribution in [1.82, 2.24) is 9.55 Å². The number of benzene rings is 4. The number of fused-ring (bicyclic) bond motifs is 4. The Morgan fingerprint density at radius 1 is 0.829 bits per heavy atom. The highest BCUT2D eigenvalue weighted by Crippen LogP contribution is 2.37. The second-order valence-corrected chi connectivity index (χ2v) is 10.6. The van der Waals surface area contributed by atoms with Gasteiger partial charge in [-0.3, -0.25) is 0 Å². The van der Waals surface area contributed by atoms with E-state index in [2.05, 4.69) is 114 Å². The molecule has 5 heteroatoms. The molecule has 6 aromatic rings. The van der Waals surface area contributed by atoms with Crippen molar-refractivity contribution in [2.24, 2.45) is 5.10 Å². The lowest BCUT2D eigenvalue weighted by atomic mass is 10.0. The van der Waals surface area contributed by atoms with Gasteiger partial charge in [0, 0.05) is 40.2 Å². The maximum Gasteiger partial charge on any atom is 0.150 e. The maximum absolute atomic E-state index is 5.41. The average Bonchev–Trinajstić information content (AvgIpc) is 3.59. The smallest absolute Gasteiger partial charge is 0.150 e. The second-order valence-electron chi connectivity index (χ2n) is 10.6. The summed E-state index contributed by atoms with van der Waals surface area (Å²) in [6.07, 6.45) is 5.13. The molecule has 0 fully saturated rings. The number of aryl methyl sites for hydroxylation is 2. The van der Waals surface area contributed by atoms with E-state index in [-0.39, 0.29) is 6.04 Å². The Bertz CT molecular complexity index is 1970. The normalized spacial score (nSPS) is 15.4.